The highest BCUT2D eigenvalue weighted by Gasteiger charge is 2.47. The normalized spacial score (nSPS) is 18.0. The van der Waals surface area contributed by atoms with Crippen LogP contribution in [0.3, 0.4) is 0 Å². The Bertz CT molecular complexity index is 3160. The third-order valence-corrected chi connectivity index (χ3v) is 38.5. The smallest absolute Gasteiger partial charge is 0.00524 e. The molecule has 0 aromatic heterocycles. The molecule has 4 saturated carbocycles. The van der Waals surface area contributed by atoms with Gasteiger partial charge in [-0.15, -0.1) is 0 Å². The van der Waals surface area contributed by atoms with Gasteiger partial charge >= 0.3 is 0 Å². The van der Waals surface area contributed by atoms with Gasteiger partial charge in [-0.25, -0.2) is 0 Å². The van der Waals surface area contributed by atoms with Crippen molar-refractivity contribution in [3.63, 3.8) is 0 Å². The molecule has 0 spiro atoms. The highest BCUT2D eigenvalue weighted by Crippen LogP contribution is 2.58. The fourth-order valence-electron chi connectivity index (χ4n) is 22.2. The molecule has 4 aromatic rings. The van der Waals surface area contributed by atoms with Crippen molar-refractivity contribution in [3.8, 4) is 0 Å². The predicted octanol–water partition coefficient (Wildman–Crippen LogP) is 45.0. The van der Waals surface area contributed by atoms with E-state index in [4.69, 9.17) is 0 Å². The summed E-state index contributed by atoms with van der Waals surface area (Å²) in [7, 11) is 0. The van der Waals surface area contributed by atoms with E-state index in [1.54, 1.807) is 0 Å². The number of benzene rings is 4. The zero-order valence-electron chi connectivity index (χ0n) is 96.5. The zero-order chi connectivity index (χ0) is 99.4. The van der Waals surface area contributed by atoms with E-state index >= 15 is 0 Å². The third-order valence-electron chi connectivity index (χ3n) is 38.5. The lowest BCUT2D eigenvalue weighted by molar-refractivity contribution is 0.0341. The first-order valence-corrected chi connectivity index (χ1v) is 56.2. The lowest BCUT2D eigenvalue weighted by Gasteiger charge is -2.47. The summed E-state index contributed by atoms with van der Waals surface area (Å²) in [4.78, 5) is 0. The first-order valence-electron chi connectivity index (χ1n) is 56.2. The van der Waals surface area contributed by atoms with Gasteiger partial charge < -0.3 is 0 Å². The fraction of sp³-hybridized carbons (Fsp3) is 0.815. The van der Waals surface area contributed by atoms with E-state index in [2.05, 4.69) is 398 Å². The summed E-state index contributed by atoms with van der Waals surface area (Å²) in [6, 6.07) is 43.8. The van der Waals surface area contributed by atoms with Crippen molar-refractivity contribution in [1.29, 1.82) is 0 Å². The average molecular weight is 1800 g/mol. The Morgan fingerprint density at radius 1 is 0.200 bits per heavy atom. The maximum atomic E-state index is 2.54. The molecule has 0 radical (unpaired) electrons. The summed E-state index contributed by atoms with van der Waals surface area (Å²) in [6.45, 7) is 96.3. The van der Waals surface area contributed by atoms with Crippen LogP contribution in [-0.4, -0.2) is 0 Å². The van der Waals surface area contributed by atoms with Gasteiger partial charge in [-0.3, -0.25) is 0 Å². The molecule has 4 fully saturated rings. The molecule has 4 aliphatic rings. The lowest BCUT2D eigenvalue weighted by Crippen LogP contribution is -2.37. The van der Waals surface area contributed by atoms with E-state index in [0.717, 1.165) is 0 Å². The van der Waals surface area contributed by atoms with Crippen LogP contribution in [0.2, 0.25) is 0 Å². The first kappa shape index (κ1) is 125. The Morgan fingerprint density at radius 2 is 0.400 bits per heavy atom. The number of unbranched alkanes of at least 4 members (excludes halogenated alkanes) is 12. The topological polar surface area (TPSA) is 0 Å². The predicted molar refractivity (Wildman–Crippen MR) is 595 cm³/mol. The molecule has 0 heteroatoms. The second-order valence-corrected chi connectivity index (χ2v) is 54.4. The summed E-state index contributed by atoms with van der Waals surface area (Å²) in [5.74, 6) is 0. The zero-order valence-corrected chi connectivity index (χ0v) is 96.5. The van der Waals surface area contributed by atoms with Gasteiger partial charge in [-0.1, -0.05) is 591 Å². The Morgan fingerprint density at radius 3 is 0.592 bits per heavy atom. The third kappa shape index (κ3) is 41.5. The minimum atomic E-state index is 0.214. The van der Waals surface area contributed by atoms with Crippen molar-refractivity contribution >= 4 is 0 Å². The van der Waals surface area contributed by atoms with Gasteiger partial charge in [-0.05, 0) is 235 Å². The minimum Gasteiger partial charge on any atom is -0.0654 e. The molecule has 0 N–H and O–H groups in total. The van der Waals surface area contributed by atoms with Crippen LogP contribution in [0.1, 0.15) is 607 Å². The van der Waals surface area contributed by atoms with Crippen molar-refractivity contribution in [2.45, 2.75) is 607 Å². The molecule has 756 valence electrons. The molecular weight excluding hydrogens is 1560 g/mol. The number of rotatable bonds is 41. The van der Waals surface area contributed by atoms with E-state index < -0.39 is 0 Å². The van der Waals surface area contributed by atoms with Crippen molar-refractivity contribution in [1.82, 2.24) is 0 Å². The number of hydrogen-bond donors (Lipinski definition) is 0. The van der Waals surface area contributed by atoms with Crippen LogP contribution in [0, 0.1) is 75.8 Å². The molecule has 130 heavy (non-hydrogen) atoms. The Hall–Kier alpha value is -3.12. The molecule has 4 aromatic carbocycles. The van der Waals surface area contributed by atoms with Crippen molar-refractivity contribution in [3.05, 3.63) is 144 Å². The standard InChI is InChI=1S/C19H32.3C17H28.4C15H30/c1-17(2,3)14-11-15-18(4,5)19(6,7)16-12-9-8-10-13-16;3*1-6-7-11-14-16(2,3)17(4,5)15-12-9-8-10-13-15;1-13(2,3)9-7-11-15(6)12-8-10-14(15,4)5;3*1-5-6-8-11-14(2,3)15(4)12-9-7-10-13-15/h8-10,12-13H,11,14-15H2,1-7H3;3*8-10,12-13H,6-7,11,14H2,1-5H3;7-12H2,1-6H3;3*5-13H2,1-4H3/t;;;;15-;;;/m....1.../s1. The van der Waals surface area contributed by atoms with E-state index in [-0.39, 0.29) is 21.7 Å². The SMILES string of the molecule is CC(C)(C)CCCC(C)(C)C(C)(C)c1ccccc1.CC(C)(C)CCC[C@]1(C)CCCC1(C)C.CCCCCC(C)(C)C(C)(C)c1ccccc1.CCCCCC(C)(C)C(C)(C)c1ccccc1.CCCCCC(C)(C)C(C)(C)c1ccccc1.CCCCCC(C)(C)C1(C)CCCCC1.CCCCCC(C)(C)C1(C)CCCCC1.CCCCCC(C)(C)C1(C)CCCCC1. The molecule has 0 amide bonds. The second kappa shape index (κ2) is 57.4. The van der Waals surface area contributed by atoms with Crippen LogP contribution >= 0.6 is 0 Å². The molecular formula is C130H236. The molecule has 1 atom stereocenters. The van der Waals surface area contributed by atoms with Crippen LogP contribution in [0.4, 0.5) is 0 Å². The van der Waals surface area contributed by atoms with Crippen LogP contribution in [0.5, 0.6) is 0 Å². The van der Waals surface area contributed by atoms with Gasteiger partial charge in [0.15, 0.2) is 0 Å². The minimum absolute atomic E-state index is 0.214. The van der Waals surface area contributed by atoms with E-state index in [9.17, 15) is 0 Å². The van der Waals surface area contributed by atoms with Gasteiger partial charge in [0.2, 0.25) is 0 Å². The van der Waals surface area contributed by atoms with Crippen LogP contribution in [-0.2, 0) is 21.7 Å². The van der Waals surface area contributed by atoms with Crippen LogP contribution in [0.15, 0.2) is 121 Å². The van der Waals surface area contributed by atoms with E-state index in [1.165, 1.54) is 330 Å². The second-order valence-electron chi connectivity index (χ2n) is 54.4. The van der Waals surface area contributed by atoms with Crippen LogP contribution in [0.25, 0.3) is 0 Å². The molecule has 0 unspecified atom stereocenters. The van der Waals surface area contributed by atoms with E-state index in [0.29, 0.717) is 75.8 Å². The summed E-state index contributed by atoms with van der Waals surface area (Å²) in [5, 5.41) is 0. The van der Waals surface area contributed by atoms with Crippen LogP contribution < -0.4 is 0 Å². The fourth-order valence-corrected chi connectivity index (χ4v) is 22.2. The molecule has 0 aliphatic heterocycles. The Labute approximate surface area is 820 Å². The molecule has 0 saturated heterocycles. The molecule has 0 nitrogen and oxygen atoms in total. The summed E-state index contributed by atoms with van der Waals surface area (Å²) in [5.41, 5.74) is 13.8. The van der Waals surface area contributed by atoms with Gasteiger partial charge in [-0.2, -0.15) is 0 Å². The molecule has 0 bridgehead atoms. The highest BCUT2D eigenvalue weighted by molar-refractivity contribution is 5.29. The maximum absolute atomic E-state index is 2.54. The summed E-state index contributed by atoms with van der Waals surface area (Å²) in [6.07, 6.45) is 67.3. The summed E-state index contributed by atoms with van der Waals surface area (Å²) < 4.78 is 0. The lowest BCUT2D eigenvalue weighted by atomic mass is 9.58. The molecule has 0 heterocycles. The maximum Gasteiger partial charge on any atom is -0.00524 e. The van der Waals surface area contributed by atoms with Gasteiger partial charge in [0.25, 0.3) is 0 Å². The van der Waals surface area contributed by atoms with Gasteiger partial charge in [0, 0.05) is 0 Å². The molecule has 4 aliphatic carbocycles. The van der Waals surface area contributed by atoms with Crippen molar-refractivity contribution in [2.24, 2.45) is 75.8 Å². The van der Waals surface area contributed by atoms with Gasteiger partial charge in [0.1, 0.15) is 0 Å². The highest BCUT2D eigenvalue weighted by atomic mass is 14.5. The largest absolute Gasteiger partial charge is 0.0654 e. The van der Waals surface area contributed by atoms with Gasteiger partial charge in [0.05, 0.1) is 0 Å². The average Bonchev–Trinajstić information content (AvgIpc) is 0.970. The van der Waals surface area contributed by atoms with Crippen molar-refractivity contribution in [2.75, 3.05) is 0 Å². The molecule has 8 rings (SSSR count). The number of hydrogen-bond acceptors (Lipinski definition) is 0. The monoisotopic (exact) mass is 1800 g/mol. The Kier molecular flexibility index (Phi) is 55.2. The Balaban J connectivity index is 0.000000744. The summed E-state index contributed by atoms with van der Waals surface area (Å²) >= 11 is 0. The first-order chi connectivity index (χ1) is 60.0. The van der Waals surface area contributed by atoms with Crippen molar-refractivity contribution < 1.29 is 0 Å². The van der Waals surface area contributed by atoms with E-state index in [1.807, 2.05) is 0 Å². The quantitative estimate of drug-likeness (QED) is 0.0389.